The van der Waals surface area contributed by atoms with Crippen molar-refractivity contribution in [2.45, 2.75) is 39.8 Å². The Labute approximate surface area is 261 Å². The zero-order valence-electron chi connectivity index (χ0n) is 26.0. The van der Waals surface area contributed by atoms with E-state index < -0.39 is 18.2 Å². The third kappa shape index (κ3) is 6.70. The fraction of sp³-hybridized carbons (Fsp3) is 0.333. The molecule has 3 atom stereocenters. The lowest BCUT2D eigenvalue weighted by Crippen LogP contribution is -2.50. The molecule has 4 aromatic rings. The van der Waals surface area contributed by atoms with E-state index in [1.807, 2.05) is 49.4 Å². The third-order valence-corrected chi connectivity index (χ3v) is 8.04. The van der Waals surface area contributed by atoms with Crippen LogP contribution in [-0.4, -0.2) is 76.9 Å². The molecule has 0 saturated heterocycles. The number of hydrogen-bond acceptors (Lipinski definition) is 7. The summed E-state index contributed by atoms with van der Waals surface area (Å²) in [7, 11) is 1.64. The molecule has 12 heteroatoms. The Morgan fingerprint density at radius 1 is 1.04 bits per heavy atom. The molecule has 236 valence electrons. The van der Waals surface area contributed by atoms with E-state index in [9.17, 15) is 19.5 Å². The zero-order valence-corrected chi connectivity index (χ0v) is 26.0. The van der Waals surface area contributed by atoms with Crippen molar-refractivity contribution in [1.82, 2.24) is 15.0 Å². The van der Waals surface area contributed by atoms with Crippen LogP contribution in [0.3, 0.4) is 0 Å². The molecule has 0 spiro atoms. The van der Waals surface area contributed by atoms with Crippen molar-refractivity contribution in [1.29, 1.82) is 0 Å². The number of carbonyl (C=O) groups is 3. The highest BCUT2D eigenvalue weighted by Crippen LogP contribution is 2.35. The Morgan fingerprint density at radius 2 is 1.73 bits per heavy atom. The van der Waals surface area contributed by atoms with Gasteiger partial charge in [0.05, 0.1) is 36.1 Å². The Morgan fingerprint density at radius 3 is 2.47 bits per heavy atom. The number of likely N-dealkylation sites (N-methyl/N-ethyl adjacent to an activating group) is 1. The number of aryl methyl sites for hydroxylation is 2. The van der Waals surface area contributed by atoms with Crippen LogP contribution in [0.2, 0.25) is 0 Å². The van der Waals surface area contributed by atoms with E-state index in [0.29, 0.717) is 22.8 Å². The summed E-state index contributed by atoms with van der Waals surface area (Å²) >= 11 is 0. The van der Waals surface area contributed by atoms with Gasteiger partial charge in [-0.2, -0.15) is 0 Å². The fourth-order valence-corrected chi connectivity index (χ4v) is 5.39. The number of anilines is 3. The number of rotatable bonds is 7. The van der Waals surface area contributed by atoms with Crippen molar-refractivity contribution in [3.8, 4) is 5.75 Å². The normalized spacial score (nSPS) is 17.0. The number of benzene rings is 3. The minimum atomic E-state index is -0.588. The van der Waals surface area contributed by atoms with E-state index in [2.05, 4.69) is 21.1 Å². The van der Waals surface area contributed by atoms with Crippen molar-refractivity contribution < 1.29 is 28.8 Å². The summed E-state index contributed by atoms with van der Waals surface area (Å²) < 4.78 is 11.7. The van der Waals surface area contributed by atoms with Crippen LogP contribution in [0.5, 0.6) is 5.75 Å². The summed E-state index contributed by atoms with van der Waals surface area (Å²) in [6.07, 6.45) is -0.588. The Balaban J connectivity index is 1.43. The minimum Gasteiger partial charge on any atom is -0.485 e. The van der Waals surface area contributed by atoms with Gasteiger partial charge in [0, 0.05) is 24.9 Å². The topological polar surface area (TPSA) is 149 Å². The van der Waals surface area contributed by atoms with Gasteiger partial charge in [-0.25, -0.2) is 9.59 Å². The third-order valence-electron chi connectivity index (χ3n) is 8.04. The fourth-order valence-electron chi connectivity index (χ4n) is 5.39. The predicted octanol–water partition coefficient (Wildman–Crippen LogP) is 5.47. The highest BCUT2D eigenvalue weighted by molar-refractivity contribution is 6.08. The lowest BCUT2D eigenvalue weighted by Gasteiger charge is -2.38. The van der Waals surface area contributed by atoms with Gasteiger partial charge in [-0.15, -0.1) is 0 Å². The molecule has 1 aromatic heterocycles. The van der Waals surface area contributed by atoms with E-state index in [0.717, 1.165) is 10.8 Å². The second kappa shape index (κ2) is 13.3. The van der Waals surface area contributed by atoms with E-state index >= 15 is 0 Å². The second-order valence-corrected chi connectivity index (χ2v) is 11.4. The minimum absolute atomic E-state index is 0.155. The number of amides is 5. The predicted molar refractivity (Wildman–Crippen MR) is 172 cm³/mol. The average molecular weight is 615 g/mol. The molecule has 45 heavy (non-hydrogen) atoms. The summed E-state index contributed by atoms with van der Waals surface area (Å²) in [5.74, 6) is 0.0765. The first-order chi connectivity index (χ1) is 21.6. The van der Waals surface area contributed by atoms with Crippen molar-refractivity contribution >= 4 is 45.8 Å². The quantitative estimate of drug-likeness (QED) is 0.216. The van der Waals surface area contributed by atoms with Crippen molar-refractivity contribution in [2.24, 2.45) is 5.92 Å². The van der Waals surface area contributed by atoms with Crippen LogP contribution in [0.1, 0.15) is 35.7 Å². The number of aliphatic hydroxyl groups excluding tert-OH is 1. The van der Waals surface area contributed by atoms with E-state index in [1.165, 1.54) is 4.90 Å². The van der Waals surface area contributed by atoms with Crippen LogP contribution in [0, 0.1) is 19.8 Å². The monoisotopic (exact) mass is 614 g/mol. The number of fused-ring (bicyclic) bond motifs is 2. The van der Waals surface area contributed by atoms with Gasteiger partial charge in [0.1, 0.15) is 17.5 Å². The molecule has 2 heterocycles. The summed E-state index contributed by atoms with van der Waals surface area (Å²) in [5.41, 5.74) is 2.21. The number of ether oxygens (including phenoxy) is 1. The van der Waals surface area contributed by atoms with Gasteiger partial charge in [-0.1, -0.05) is 54.5 Å². The molecule has 0 bridgehead atoms. The van der Waals surface area contributed by atoms with Gasteiger partial charge >= 0.3 is 12.1 Å². The lowest BCUT2D eigenvalue weighted by atomic mass is 9.99. The maximum atomic E-state index is 13.8. The number of aromatic nitrogens is 1. The molecule has 5 amide bonds. The molecule has 0 radical (unpaired) electrons. The summed E-state index contributed by atoms with van der Waals surface area (Å²) in [5, 5.41) is 24.3. The van der Waals surface area contributed by atoms with Gasteiger partial charge in [0.15, 0.2) is 11.5 Å². The summed E-state index contributed by atoms with van der Waals surface area (Å²) in [6, 6.07) is 16.9. The van der Waals surface area contributed by atoms with Gasteiger partial charge in [0.25, 0.3) is 5.91 Å². The van der Waals surface area contributed by atoms with Crippen molar-refractivity contribution in [3.05, 3.63) is 77.7 Å². The zero-order chi connectivity index (χ0) is 32.2. The van der Waals surface area contributed by atoms with Crippen LogP contribution in [0.15, 0.2) is 65.2 Å². The highest BCUT2D eigenvalue weighted by Gasteiger charge is 2.35. The lowest BCUT2D eigenvalue weighted by molar-refractivity contribution is 0.0373. The molecule has 5 rings (SSSR count). The van der Waals surface area contributed by atoms with Crippen molar-refractivity contribution in [2.75, 3.05) is 42.7 Å². The highest BCUT2D eigenvalue weighted by atomic mass is 16.5. The van der Waals surface area contributed by atoms with Crippen LogP contribution in [0.4, 0.5) is 26.7 Å². The first kappa shape index (κ1) is 31.3. The summed E-state index contributed by atoms with van der Waals surface area (Å²) in [6.45, 7) is 7.34. The van der Waals surface area contributed by atoms with Crippen LogP contribution >= 0.6 is 0 Å². The molecule has 1 aliphatic heterocycles. The largest absolute Gasteiger partial charge is 0.485 e. The van der Waals surface area contributed by atoms with E-state index in [4.69, 9.17) is 9.26 Å². The molecule has 1 aliphatic rings. The Hall–Kier alpha value is -5.10. The van der Waals surface area contributed by atoms with Crippen LogP contribution in [0.25, 0.3) is 10.8 Å². The molecular formula is C33H38N6O6. The number of carbonyl (C=O) groups excluding carboxylic acids is 3. The van der Waals surface area contributed by atoms with Gasteiger partial charge in [0.2, 0.25) is 0 Å². The number of nitrogens with one attached hydrogen (secondary N) is 3. The number of urea groups is 2. The smallest absolute Gasteiger partial charge is 0.323 e. The Kier molecular flexibility index (Phi) is 9.24. The molecule has 0 unspecified atom stereocenters. The van der Waals surface area contributed by atoms with Crippen molar-refractivity contribution in [3.63, 3.8) is 0 Å². The summed E-state index contributed by atoms with van der Waals surface area (Å²) in [4.78, 5) is 43.4. The van der Waals surface area contributed by atoms with Gasteiger partial charge in [-0.05, 0) is 44.4 Å². The molecule has 0 aliphatic carbocycles. The van der Waals surface area contributed by atoms with Crippen LogP contribution in [-0.2, 0) is 0 Å². The molecule has 0 saturated carbocycles. The van der Waals surface area contributed by atoms with Crippen LogP contribution < -0.4 is 20.7 Å². The first-order valence-electron chi connectivity index (χ1n) is 14.8. The number of aliphatic hydroxyl groups is 1. The van der Waals surface area contributed by atoms with Gasteiger partial charge in [-0.3, -0.25) is 4.79 Å². The number of hydrogen-bond donors (Lipinski definition) is 4. The average Bonchev–Trinajstić information content (AvgIpc) is 3.34. The maximum Gasteiger partial charge on any atom is 0.323 e. The number of para-hydroxylation sites is 1. The van der Waals surface area contributed by atoms with E-state index in [1.54, 1.807) is 50.9 Å². The molecule has 3 aromatic carbocycles. The van der Waals surface area contributed by atoms with E-state index in [-0.39, 0.29) is 54.6 Å². The SMILES string of the molecule is Cc1noc(C)c1NC(=O)N(C)C[C@@H]1Oc2c(NC(=O)Nc3cccc4ccccc34)cccc2C(=O)N([C@@H](C)CO)C[C@H]1C. The molecule has 12 nitrogen and oxygen atoms in total. The molecule has 0 fully saturated rings. The molecular weight excluding hydrogens is 576 g/mol. The second-order valence-electron chi connectivity index (χ2n) is 11.4. The Bertz CT molecular complexity index is 1700. The first-order valence-corrected chi connectivity index (χ1v) is 14.8. The standard InChI is InChI=1S/C33H38N6O6/c1-19-16-39(20(2)18-40)31(41)25-13-9-15-27(35-32(42)34-26-14-8-11-23-10-6-7-12-24(23)26)30(25)44-28(19)17-38(5)33(43)36-29-21(3)37-45-22(29)4/h6-15,19-20,28,40H,16-18H2,1-5H3,(H,36,43)(H2,34,35,42)/t19-,20+,28+/m1/s1. The number of nitrogens with zero attached hydrogens (tertiary/aromatic N) is 3. The van der Waals surface area contributed by atoms with Gasteiger partial charge < -0.3 is 40.1 Å². The molecule has 4 N–H and O–H groups in total. The maximum absolute atomic E-state index is 13.8.